The molecule has 3 heterocycles. The second-order valence-corrected chi connectivity index (χ2v) is 12.3. The molecule has 6 rings (SSSR count). The zero-order valence-electron chi connectivity index (χ0n) is 21.5. The van der Waals surface area contributed by atoms with E-state index in [2.05, 4.69) is 35.6 Å². The van der Waals surface area contributed by atoms with Crippen LogP contribution in [-0.2, 0) is 30.4 Å². The molecule has 1 aromatic carbocycles. The molecule has 1 atom stereocenters. The van der Waals surface area contributed by atoms with E-state index in [1.165, 1.54) is 52.2 Å². The highest BCUT2D eigenvalue weighted by molar-refractivity contribution is 7.21. The van der Waals surface area contributed by atoms with Crippen LogP contribution >= 0.6 is 22.7 Å². The number of aromatic nitrogens is 1. The third-order valence-corrected chi connectivity index (χ3v) is 10.2. The van der Waals surface area contributed by atoms with Crippen molar-refractivity contribution in [2.45, 2.75) is 63.7 Å². The number of nitrogens with two attached hydrogens (primary N) is 1. The summed E-state index contributed by atoms with van der Waals surface area (Å²) in [6.07, 6.45) is 9.10. The summed E-state index contributed by atoms with van der Waals surface area (Å²) in [6.45, 7) is 0. The topological polar surface area (TPSA) is 94.3 Å². The highest BCUT2D eigenvalue weighted by Crippen LogP contribution is 2.41. The molecule has 0 saturated carbocycles. The molecule has 1 unspecified atom stereocenters. The molecule has 196 valence electrons. The van der Waals surface area contributed by atoms with Gasteiger partial charge in [-0.15, -0.1) is 22.7 Å². The van der Waals surface area contributed by atoms with Gasteiger partial charge in [-0.1, -0.05) is 43.2 Å². The van der Waals surface area contributed by atoms with Gasteiger partial charge in [0, 0.05) is 16.0 Å². The van der Waals surface area contributed by atoms with Crippen LogP contribution in [0.5, 0.6) is 0 Å². The molecule has 1 amide bonds. The van der Waals surface area contributed by atoms with Crippen LogP contribution in [0, 0.1) is 0 Å². The first-order chi connectivity index (χ1) is 18.5. The fourth-order valence-corrected chi connectivity index (χ4v) is 8.12. The van der Waals surface area contributed by atoms with E-state index in [1.54, 1.807) is 0 Å². The number of thiophene rings is 2. The summed E-state index contributed by atoms with van der Waals surface area (Å²) >= 11 is 2.82. The Balaban J connectivity index is 1.31. The number of anilines is 2. The number of amides is 1. The molecule has 0 aliphatic heterocycles. The summed E-state index contributed by atoms with van der Waals surface area (Å²) in [5.41, 5.74) is 12.2. The van der Waals surface area contributed by atoms with E-state index in [0.717, 1.165) is 72.8 Å². The lowest BCUT2D eigenvalue weighted by molar-refractivity contribution is 0.0601. The van der Waals surface area contributed by atoms with Crippen LogP contribution < -0.4 is 11.1 Å². The molecule has 0 radical (unpaired) electrons. The number of pyridine rings is 1. The first-order valence-corrected chi connectivity index (χ1v) is 15.0. The first kappa shape index (κ1) is 25.1. The van der Waals surface area contributed by atoms with E-state index >= 15 is 0 Å². The number of methoxy groups -OCH3 is 1. The number of esters is 1. The number of nitrogen functional groups attached to an aromatic ring is 1. The molecule has 3 N–H and O–H groups in total. The van der Waals surface area contributed by atoms with Crippen molar-refractivity contribution in [2.75, 3.05) is 18.2 Å². The minimum absolute atomic E-state index is 0.301. The Labute approximate surface area is 230 Å². The number of hydrogen-bond donors (Lipinski definition) is 2. The van der Waals surface area contributed by atoms with Crippen molar-refractivity contribution >= 4 is 55.5 Å². The maximum Gasteiger partial charge on any atom is 0.341 e. The number of rotatable bonds is 4. The number of nitrogens with one attached hydrogen (secondary N) is 1. The van der Waals surface area contributed by atoms with Gasteiger partial charge in [0.05, 0.1) is 18.4 Å². The van der Waals surface area contributed by atoms with Crippen LogP contribution in [0.2, 0.25) is 0 Å². The van der Waals surface area contributed by atoms with Crippen molar-refractivity contribution in [1.29, 1.82) is 0 Å². The Morgan fingerprint density at radius 2 is 1.84 bits per heavy atom. The summed E-state index contributed by atoms with van der Waals surface area (Å²) < 4.78 is 5.11. The summed E-state index contributed by atoms with van der Waals surface area (Å²) in [4.78, 5) is 33.6. The smallest absolute Gasteiger partial charge is 0.341 e. The van der Waals surface area contributed by atoms with Gasteiger partial charge in [0.2, 0.25) is 0 Å². The lowest BCUT2D eigenvalue weighted by atomic mass is 9.82. The van der Waals surface area contributed by atoms with Crippen LogP contribution in [0.3, 0.4) is 0 Å². The monoisotopic (exact) mass is 545 g/mol. The fraction of sp³-hybridized carbons (Fsp3) is 0.367. The predicted molar refractivity (Wildman–Crippen MR) is 155 cm³/mol. The zero-order chi connectivity index (χ0) is 26.2. The fourth-order valence-electron chi connectivity index (χ4n) is 5.85. The third kappa shape index (κ3) is 4.60. The van der Waals surface area contributed by atoms with Crippen molar-refractivity contribution in [3.8, 4) is 0 Å². The maximum absolute atomic E-state index is 13.5. The van der Waals surface area contributed by atoms with Gasteiger partial charge < -0.3 is 15.8 Å². The van der Waals surface area contributed by atoms with E-state index in [1.807, 2.05) is 6.07 Å². The number of carbonyl (C=O) groups is 2. The van der Waals surface area contributed by atoms with Gasteiger partial charge in [-0.05, 0) is 73.6 Å². The molecule has 2 aliphatic carbocycles. The Morgan fingerprint density at radius 3 is 2.63 bits per heavy atom. The maximum atomic E-state index is 13.5. The van der Waals surface area contributed by atoms with Crippen LogP contribution in [0.1, 0.15) is 85.3 Å². The van der Waals surface area contributed by atoms with Crippen molar-refractivity contribution in [2.24, 2.45) is 0 Å². The highest BCUT2D eigenvalue weighted by Gasteiger charge is 2.28. The summed E-state index contributed by atoms with van der Waals surface area (Å²) in [5, 5.41) is 4.41. The van der Waals surface area contributed by atoms with E-state index in [-0.39, 0.29) is 5.91 Å². The van der Waals surface area contributed by atoms with Crippen LogP contribution in [0.15, 0.2) is 36.4 Å². The van der Waals surface area contributed by atoms with Crippen molar-refractivity contribution in [3.05, 3.63) is 74.1 Å². The SMILES string of the molecule is COC(=O)c1c(NC(=O)c2sc3nc4c(cc3c2N)CC(c2ccccc2)CC4)sc2c1CCCCCC2. The molecule has 0 bridgehead atoms. The number of aryl methyl sites for hydroxylation is 2. The van der Waals surface area contributed by atoms with Gasteiger partial charge in [0.25, 0.3) is 5.91 Å². The summed E-state index contributed by atoms with van der Waals surface area (Å²) in [5.74, 6) is -0.240. The number of ether oxygens (including phenoxy) is 1. The van der Waals surface area contributed by atoms with Crippen molar-refractivity contribution in [1.82, 2.24) is 4.98 Å². The van der Waals surface area contributed by atoms with Crippen molar-refractivity contribution < 1.29 is 14.3 Å². The molecular weight excluding hydrogens is 514 g/mol. The molecule has 4 aromatic rings. The number of hydrogen-bond acceptors (Lipinski definition) is 7. The number of fused-ring (bicyclic) bond motifs is 3. The Bertz CT molecular complexity index is 1520. The second-order valence-electron chi connectivity index (χ2n) is 10.2. The molecule has 3 aromatic heterocycles. The Hall–Kier alpha value is -3.23. The average Bonchev–Trinajstić information content (AvgIpc) is 3.43. The van der Waals surface area contributed by atoms with Gasteiger partial charge in [-0.25, -0.2) is 9.78 Å². The normalized spacial score (nSPS) is 17.2. The first-order valence-electron chi connectivity index (χ1n) is 13.3. The zero-order valence-corrected chi connectivity index (χ0v) is 23.1. The minimum atomic E-state index is -0.398. The Morgan fingerprint density at radius 1 is 1.05 bits per heavy atom. The molecule has 6 nitrogen and oxygen atoms in total. The molecule has 2 aliphatic rings. The Kier molecular flexibility index (Phi) is 6.93. The van der Waals surface area contributed by atoms with Gasteiger partial charge in [0.15, 0.2) is 0 Å². The average molecular weight is 546 g/mol. The molecular formula is C30H31N3O3S2. The van der Waals surface area contributed by atoms with Crippen molar-refractivity contribution in [3.63, 3.8) is 0 Å². The standard InChI is InChI=1S/C30H31N3O3S2/c1-36-30(35)24-20-11-7-2-3-8-12-23(20)37-29(24)33-27(34)26-25(31)21-16-19-15-18(17-9-5-4-6-10-17)13-14-22(19)32-28(21)38-26/h4-6,9-10,16,18H,2-3,7-8,11-15,31H2,1H3,(H,33,34). The van der Waals surface area contributed by atoms with E-state index in [0.29, 0.717) is 27.0 Å². The van der Waals surface area contributed by atoms with Crippen LogP contribution in [0.4, 0.5) is 10.7 Å². The number of carbonyl (C=O) groups excluding carboxylic acids is 2. The van der Waals surface area contributed by atoms with Crippen LogP contribution in [0.25, 0.3) is 10.2 Å². The van der Waals surface area contributed by atoms with E-state index in [9.17, 15) is 9.59 Å². The molecule has 0 saturated heterocycles. The van der Waals surface area contributed by atoms with E-state index < -0.39 is 5.97 Å². The van der Waals surface area contributed by atoms with Crippen LogP contribution in [-0.4, -0.2) is 24.0 Å². The largest absolute Gasteiger partial charge is 0.465 e. The molecule has 38 heavy (non-hydrogen) atoms. The van der Waals surface area contributed by atoms with Gasteiger partial charge in [-0.3, -0.25) is 4.79 Å². The summed E-state index contributed by atoms with van der Waals surface area (Å²) in [7, 11) is 1.39. The predicted octanol–water partition coefficient (Wildman–Crippen LogP) is 6.91. The van der Waals surface area contributed by atoms with E-state index in [4.69, 9.17) is 15.5 Å². The lowest BCUT2D eigenvalue weighted by Crippen LogP contribution is -2.15. The lowest BCUT2D eigenvalue weighted by Gasteiger charge is -2.24. The quantitative estimate of drug-likeness (QED) is 0.272. The third-order valence-electron chi connectivity index (χ3n) is 7.85. The number of benzene rings is 1. The number of nitrogens with zero attached hydrogens (tertiary/aromatic N) is 1. The highest BCUT2D eigenvalue weighted by atomic mass is 32.1. The molecule has 0 spiro atoms. The molecule has 0 fully saturated rings. The minimum Gasteiger partial charge on any atom is -0.465 e. The van der Waals surface area contributed by atoms with Gasteiger partial charge in [-0.2, -0.15) is 0 Å². The molecule has 8 heteroatoms. The van der Waals surface area contributed by atoms with Gasteiger partial charge >= 0.3 is 5.97 Å². The second kappa shape index (κ2) is 10.5. The summed E-state index contributed by atoms with van der Waals surface area (Å²) in [6, 6.07) is 12.7. The van der Waals surface area contributed by atoms with Gasteiger partial charge in [0.1, 0.15) is 14.7 Å².